The van der Waals surface area contributed by atoms with E-state index in [4.69, 9.17) is 0 Å². The first-order valence-electron chi connectivity index (χ1n) is 2.72. The van der Waals surface area contributed by atoms with Gasteiger partial charge in [0.2, 0.25) is 0 Å². The summed E-state index contributed by atoms with van der Waals surface area (Å²) in [5, 5.41) is 8.73. The molecule has 0 N–H and O–H groups in total. The first-order valence-corrected chi connectivity index (χ1v) is 3.99. The molecular formula is C5H8N2S2. The fourth-order valence-electron chi connectivity index (χ4n) is 0.460. The van der Waals surface area contributed by atoms with E-state index in [1.165, 1.54) is 11.3 Å². The van der Waals surface area contributed by atoms with Crippen molar-refractivity contribution in [3.8, 4) is 0 Å². The SMILES string of the molecule is CC(C)c1nnc(S)s1. The van der Waals surface area contributed by atoms with Crippen LogP contribution in [-0.2, 0) is 0 Å². The van der Waals surface area contributed by atoms with Gasteiger partial charge >= 0.3 is 0 Å². The summed E-state index contributed by atoms with van der Waals surface area (Å²) in [5.74, 6) is 0.475. The second kappa shape index (κ2) is 2.66. The summed E-state index contributed by atoms with van der Waals surface area (Å²) in [6.45, 7) is 4.18. The van der Waals surface area contributed by atoms with Gasteiger partial charge in [-0.1, -0.05) is 25.2 Å². The molecular weight excluding hydrogens is 152 g/mol. The van der Waals surface area contributed by atoms with Gasteiger partial charge in [0.25, 0.3) is 0 Å². The lowest BCUT2D eigenvalue weighted by Crippen LogP contribution is -1.83. The fourth-order valence-corrected chi connectivity index (χ4v) is 1.37. The summed E-state index contributed by atoms with van der Waals surface area (Å²) in [5.41, 5.74) is 0. The molecule has 0 aromatic carbocycles. The fraction of sp³-hybridized carbons (Fsp3) is 0.600. The molecule has 0 bridgehead atoms. The van der Waals surface area contributed by atoms with Crippen LogP contribution in [0.5, 0.6) is 0 Å². The molecule has 4 heteroatoms. The third kappa shape index (κ3) is 1.66. The van der Waals surface area contributed by atoms with Gasteiger partial charge in [-0.2, -0.15) is 0 Å². The Hall–Kier alpha value is -0.0900. The quantitative estimate of drug-likeness (QED) is 0.635. The van der Waals surface area contributed by atoms with Crippen molar-refractivity contribution in [2.45, 2.75) is 24.1 Å². The monoisotopic (exact) mass is 160 g/mol. The molecule has 1 aromatic rings. The van der Waals surface area contributed by atoms with Crippen LogP contribution in [-0.4, -0.2) is 10.2 Å². The number of hydrogen-bond donors (Lipinski definition) is 1. The highest BCUT2D eigenvalue weighted by Gasteiger charge is 2.03. The molecule has 1 heterocycles. The topological polar surface area (TPSA) is 25.8 Å². The van der Waals surface area contributed by atoms with E-state index in [0.29, 0.717) is 5.92 Å². The highest BCUT2D eigenvalue weighted by molar-refractivity contribution is 7.82. The molecule has 1 rings (SSSR count). The zero-order valence-electron chi connectivity index (χ0n) is 5.33. The van der Waals surface area contributed by atoms with E-state index in [1.807, 2.05) is 0 Å². The van der Waals surface area contributed by atoms with Gasteiger partial charge in [0.1, 0.15) is 5.01 Å². The number of hydrogen-bond acceptors (Lipinski definition) is 4. The smallest absolute Gasteiger partial charge is 0.142 e. The molecule has 50 valence electrons. The normalized spacial score (nSPS) is 10.7. The molecule has 0 atom stereocenters. The Morgan fingerprint density at radius 3 is 2.33 bits per heavy atom. The van der Waals surface area contributed by atoms with Crippen LogP contribution >= 0.6 is 24.0 Å². The lowest BCUT2D eigenvalue weighted by Gasteiger charge is -1.92. The summed E-state index contributed by atoms with van der Waals surface area (Å²) in [6, 6.07) is 0. The van der Waals surface area contributed by atoms with Gasteiger partial charge in [0.05, 0.1) is 0 Å². The van der Waals surface area contributed by atoms with Crippen molar-refractivity contribution in [2.24, 2.45) is 0 Å². The summed E-state index contributed by atoms with van der Waals surface area (Å²) in [7, 11) is 0. The molecule has 0 fully saturated rings. The van der Waals surface area contributed by atoms with E-state index in [1.54, 1.807) is 0 Å². The number of thiol groups is 1. The second-order valence-corrected chi connectivity index (χ2v) is 3.81. The predicted octanol–water partition coefficient (Wildman–Crippen LogP) is 1.95. The summed E-state index contributed by atoms with van der Waals surface area (Å²) in [4.78, 5) is 0. The maximum atomic E-state index is 4.04. The van der Waals surface area contributed by atoms with Gasteiger partial charge in [-0.05, 0) is 0 Å². The molecule has 0 spiro atoms. The van der Waals surface area contributed by atoms with Gasteiger partial charge in [0.15, 0.2) is 4.34 Å². The predicted molar refractivity (Wildman–Crippen MR) is 41.3 cm³/mol. The average Bonchev–Trinajstić information content (AvgIpc) is 2.14. The van der Waals surface area contributed by atoms with Crippen molar-refractivity contribution in [3.05, 3.63) is 5.01 Å². The number of aromatic nitrogens is 2. The molecule has 0 aliphatic carbocycles. The molecule has 0 aliphatic rings. The zero-order valence-corrected chi connectivity index (χ0v) is 7.04. The maximum Gasteiger partial charge on any atom is 0.171 e. The number of nitrogens with zero attached hydrogens (tertiary/aromatic N) is 2. The Bertz CT molecular complexity index is 195. The minimum Gasteiger partial charge on any atom is -0.142 e. The Morgan fingerprint density at radius 2 is 2.11 bits per heavy atom. The molecule has 0 aliphatic heterocycles. The zero-order chi connectivity index (χ0) is 6.85. The largest absolute Gasteiger partial charge is 0.171 e. The van der Waals surface area contributed by atoms with Crippen molar-refractivity contribution in [1.82, 2.24) is 10.2 Å². The van der Waals surface area contributed by atoms with Crippen molar-refractivity contribution < 1.29 is 0 Å². The minimum atomic E-state index is 0.475. The first-order chi connectivity index (χ1) is 4.20. The maximum absolute atomic E-state index is 4.04. The standard InChI is InChI=1S/C5H8N2S2/c1-3(2)4-6-7-5(8)9-4/h3H,1-2H3,(H,7,8). The summed E-state index contributed by atoms with van der Waals surface area (Å²) >= 11 is 5.58. The molecule has 0 saturated heterocycles. The Labute approximate surface area is 63.7 Å². The van der Waals surface area contributed by atoms with Crippen molar-refractivity contribution in [2.75, 3.05) is 0 Å². The third-order valence-electron chi connectivity index (χ3n) is 0.924. The Balaban J connectivity index is 2.85. The third-order valence-corrected chi connectivity index (χ3v) is 2.31. The second-order valence-electron chi connectivity index (χ2n) is 2.08. The highest BCUT2D eigenvalue weighted by Crippen LogP contribution is 2.20. The van der Waals surface area contributed by atoms with Gasteiger partial charge in [-0.3, -0.25) is 0 Å². The van der Waals surface area contributed by atoms with Gasteiger partial charge < -0.3 is 0 Å². The molecule has 2 nitrogen and oxygen atoms in total. The number of rotatable bonds is 1. The molecule has 9 heavy (non-hydrogen) atoms. The van der Waals surface area contributed by atoms with Gasteiger partial charge in [0, 0.05) is 5.92 Å². The molecule has 0 saturated carbocycles. The van der Waals surface area contributed by atoms with Crippen LogP contribution in [0.4, 0.5) is 0 Å². The highest BCUT2D eigenvalue weighted by atomic mass is 32.2. The van der Waals surface area contributed by atoms with Crippen LogP contribution in [0.25, 0.3) is 0 Å². The lowest BCUT2D eigenvalue weighted by atomic mass is 10.2. The first kappa shape index (κ1) is 7.02. The van der Waals surface area contributed by atoms with Gasteiger partial charge in [-0.15, -0.1) is 22.8 Å². The van der Waals surface area contributed by atoms with Gasteiger partial charge in [-0.25, -0.2) is 0 Å². The molecule has 0 radical (unpaired) electrons. The average molecular weight is 160 g/mol. The van der Waals surface area contributed by atoms with E-state index in [0.717, 1.165) is 9.35 Å². The van der Waals surface area contributed by atoms with E-state index in [-0.39, 0.29) is 0 Å². The minimum absolute atomic E-state index is 0.475. The van der Waals surface area contributed by atoms with Crippen LogP contribution in [0.1, 0.15) is 24.8 Å². The summed E-state index contributed by atoms with van der Waals surface area (Å²) in [6.07, 6.45) is 0. The van der Waals surface area contributed by atoms with Crippen molar-refractivity contribution in [1.29, 1.82) is 0 Å². The molecule has 0 amide bonds. The van der Waals surface area contributed by atoms with Crippen molar-refractivity contribution in [3.63, 3.8) is 0 Å². The van der Waals surface area contributed by atoms with Crippen LogP contribution in [0, 0.1) is 0 Å². The van der Waals surface area contributed by atoms with E-state index in [2.05, 4.69) is 36.7 Å². The molecule has 0 unspecified atom stereocenters. The Kier molecular flexibility index (Phi) is 2.08. The van der Waals surface area contributed by atoms with Crippen LogP contribution in [0.2, 0.25) is 0 Å². The van der Waals surface area contributed by atoms with E-state index < -0.39 is 0 Å². The van der Waals surface area contributed by atoms with Crippen LogP contribution < -0.4 is 0 Å². The van der Waals surface area contributed by atoms with E-state index in [9.17, 15) is 0 Å². The van der Waals surface area contributed by atoms with Crippen LogP contribution in [0.3, 0.4) is 0 Å². The molecule has 1 aromatic heterocycles. The summed E-state index contributed by atoms with van der Waals surface area (Å²) < 4.78 is 0.749. The Morgan fingerprint density at radius 1 is 1.44 bits per heavy atom. The lowest BCUT2D eigenvalue weighted by molar-refractivity contribution is 0.817. The van der Waals surface area contributed by atoms with Crippen molar-refractivity contribution >= 4 is 24.0 Å². The van der Waals surface area contributed by atoms with Crippen LogP contribution in [0.15, 0.2) is 4.34 Å². The van der Waals surface area contributed by atoms with E-state index >= 15 is 0 Å².